The average Bonchev–Trinajstić information content (AvgIpc) is 3.12. The van der Waals surface area contributed by atoms with Crippen molar-refractivity contribution in [3.05, 3.63) is 11.1 Å². The van der Waals surface area contributed by atoms with Gasteiger partial charge in [-0.1, -0.05) is 37.0 Å². The summed E-state index contributed by atoms with van der Waals surface area (Å²) in [6.45, 7) is 0. The monoisotopic (exact) mass is 473 g/mol. The van der Waals surface area contributed by atoms with Gasteiger partial charge in [0, 0.05) is 6.42 Å². The molecule has 1 aromatic heterocycles. The molecule has 3 N–H and O–H groups in total. The van der Waals surface area contributed by atoms with E-state index in [-0.39, 0.29) is 28.8 Å². The standard InChI is InChI=1S/C22H30F3N3O3S/c23-22(24,25)16-12-26-19(32-16)27-18(30)21(8-7-20(13-21)5-6-20)11-15(10-17(29)28-31)9-14-3-1-2-4-14/h12,14-15,31H,1-11,13H2,(H,28,29)(H,26,27,30). The molecule has 0 bridgehead atoms. The summed E-state index contributed by atoms with van der Waals surface area (Å²) in [5.41, 5.74) is 1.16. The van der Waals surface area contributed by atoms with Crippen LogP contribution in [0.3, 0.4) is 0 Å². The van der Waals surface area contributed by atoms with Crippen LogP contribution < -0.4 is 10.8 Å². The SMILES string of the molecule is O=C(CC(CC1CCCC1)CC1(C(=O)Nc2ncc(C(F)(F)F)s2)CCC2(CC2)C1)NO. The fourth-order valence-corrected chi connectivity index (χ4v) is 6.65. The molecule has 0 aromatic carbocycles. The number of anilines is 1. The van der Waals surface area contributed by atoms with Crippen molar-refractivity contribution < 1.29 is 28.0 Å². The highest BCUT2D eigenvalue weighted by atomic mass is 32.1. The molecule has 0 aliphatic heterocycles. The first kappa shape index (κ1) is 23.5. The van der Waals surface area contributed by atoms with Crippen LogP contribution in [0.5, 0.6) is 0 Å². The zero-order valence-electron chi connectivity index (χ0n) is 18.0. The molecule has 178 valence electrons. The summed E-state index contributed by atoms with van der Waals surface area (Å²) >= 11 is 0.435. The van der Waals surface area contributed by atoms with Crippen LogP contribution in [0, 0.1) is 22.7 Å². The maximum atomic E-state index is 13.5. The van der Waals surface area contributed by atoms with Crippen molar-refractivity contribution in [2.24, 2.45) is 22.7 Å². The molecular formula is C22H30F3N3O3S. The second kappa shape index (κ2) is 8.93. The number of hydrogen-bond acceptors (Lipinski definition) is 5. The van der Waals surface area contributed by atoms with E-state index in [4.69, 9.17) is 5.21 Å². The number of halogens is 3. The lowest BCUT2D eigenvalue weighted by Crippen LogP contribution is -2.37. The minimum Gasteiger partial charge on any atom is -0.301 e. The molecule has 1 spiro atoms. The number of alkyl halides is 3. The number of amides is 2. The molecule has 0 radical (unpaired) electrons. The molecule has 3 saturated carbocycles. The van der Waals surface area contributed by atoms with E-state index in [1.807, 2.05) is 0 Å². The van der Waals surface area contributed by atoms with Gasteiger partial charge in [-0.05, 0) is 62.2 Å². The second-order valence-electron chi connectivity index (χ2n) is 10.1. The Kier molecular flexibility index (Phi) is 6.55. The predicted octanol–water partition coefficient (Wildman–Crippen LogP) is 5.53. The minimum absolute atomic E-state index is 0.0427. The Morgan fingerprint density at radius 3 is 2.47 bits per heavy atom. The van der Waals surface area contributed by atoms with Gasteiger partial charge < -0.3 is 5.32 Å². The number of nitrogens with one attached hydrogen (secondary N) is 2. The fourth-order valence-electron chi connectivity index (χ4n) is 5.97. The summed E-state index contributed by atoms with van der Waals surface area (Å²) in [7, 11) is 0. The molecule has 3 fully saturated rings. The molecule has 3 aliphatic rings. The van der Waals surface area contributed by atoms with Gasteiger partial charge in [-0.15, -0.1) is 0 Å². The highest BCUT2D eigenvalue weighted by Gasteiger charge is 2.58. The van der Waals surface area contributed by atoms with Gasteiger partial charge in [-0.3, -0.25) is 14.8 Å². The number of thiazole rings is 1. The number of carbonyl (C=O) groups is 2. The van der Waals surface area contributed by atoms with Crippen LogP contribution in [-0.2, 0) is 15.8 Å². The first-order valence-corrected chi connectivity index (χ1v) is 12.2. The minimum atomic E-state index is -4.49. The van der Waals surface area contributed by atoms with Crippen molar-refractivity contribution in [2.75, 3.05) is 5.32 Å². The summed E-state index contributed by atoms with van der Waals surface area (Å²) < 4.78 is 38.8. The number of carbonyl (C=O) groups excluding carboxylic acids is 2. The van der Waals surface area contributed by atoms with Gasteiger partial charge in [0.15, 0.2) is 5.13 Å². The summed E-state index contributed by atoms with van der Waals surface area (Å²) in [5, 5.41) is 11.7. The van der Waals surface area contributed by atoms with E-state index in [0.717, 1.165) is 44.7 Å². The van der Waals surface area contributed by atoms with Crippen LogP contribution in [0.25, 0.3) is 0 Å². The third kappa shape index (κ3) is 5.27. The van der Waals surface area contributed by atoms with Crippen LogP contribution in [-0.4, -0.2) is 22.0 Å². The molecule has 2 atom stereocenters. The second-order valence-corrected chi connectivity index (χ2v) is 11.2. The molecule has 10 heteroatoms. The maximum absolute atomic E-state index is 13.5. The molecule has 2 unspecified atom stereocenters. The summed E-state index contributed by atoms with van der Waals surface area (Å²) in [6, 6.07) is 0. The zero-order valence-corrected chi connectivity index (χ0v) is 18.8. The van der Waals surface area contributed by atoms with Gasteiger partial charge >= 0.3 is 6.18 Å². The molecule has 1 aromatic rings. The van der Waals surface area contributed by atoms with E-state index in [0.29, 0.717) is 36.5 Å². The van der Waals surface area contributed by atoms with Crippen LogP contribution >= 0.6 is 11.3 Å². The first-order chi connectivity index (χ1) is 15.1. The average molecular weight is 474 g/mol. The topological polar surface area (TPSA) is 91.3 Å². The third-order valence-electron chi connectivity index (χ3n) is 7.71. The van der Waals surface area contributed by atoms with E-state index in [2.05, 4.69) is 10.3 Å². The number of hydroxylamine groups is 1. The molecular weight excluding hydrogens is 443 g/mol. The van der Waals surface area contributed by atoms with Crippen molar-refractivity contribution in [1.82, 2.24) is 10.5 Å². The lowest BCUT2D eigenvalue weighted by molar-refractivity contribution is -0.134. The Hall–Kier alpha value is -1.68. The zero-order chi connectivity index (χ0) is 23.0. The van der Waals surface area contributed by atoms with E-state index >= 15 is 0 Å². The van der Waals surface area contributed by atoms with E-state index in [1.54, 1.807) is 5.48 Å². The predicted molar refractivity (Wildman–Crippen MR) is 113 cm³/mol. The highest BCUT2D eigenvalue weighted by molar-refractivity contribution is 7.15. The van der Waals surface area contributed by atoms with Crippen molar-refractivity contribution in [1.29, 1.82) is 0 Å². The van der Waals surface area contributed by atoms with Crippen molar-refractivity contribution in [3.8, 4) is 0 Å². The van der Waals surface area contributed by atoms with Gasteiger partial charge in [-0.25, -0.2) is 10.5 Å². The Bertz CT molecular complexity index is 849. The van der Waals surface area contributed by atoms with Crippen LogP contribution in [0.15, 0.2) is 6.20 Å². The van der Waals surface area contributed by atoms with Gasteiger partial charge in [0.25, 0.3) is 0 Å². The van der Waals surface area contributed by atoms with Crippen molar-refractivity contribution in [2.45, 2.75) is 83.2 Å². The molecule has 1 heterocycles. The fraction of sp³-hybridized carbons (Fsp3) is 0.773. The van der Waals surface area contributed by atoms with Gasteiger partial charge in [-0.2, -0.15) is 13.2 Å². The molecule has 0 saturated heterocycles. The Morgan fingerprint density at radius 1 is 1.22 bits per heavy atom. The maximum Gasteiger partial charge on any atom is 0.427 e. The number of rotatable bonds is 8. The summed E-state index contributed by atoms with van der Waals surface area (Å²) in [6.07, 6.45) is 6.72. The first-order valence-electron chi connectivity index (χ1n) is 11.4. The Labute approximate surface area is 189 Å². The van der Waals surface area contributed by atoms with Gasteiger partial charge in [0.05, 0.1) is 11.6 Å². The Morgan fingerprint density at radius 2 is 1.91 bits per heavy atom. The Balaban J connectivity index is 1.52. The van der Waals surface area contributed by atoms with Gasteiger partial charge in [0.2, 0.25) is 11.8 Å². The third-order valence-corrected chi connectivity index (χ3v) is 8.67. The van der Waals surface area contributed by atoms with Crippen molar-refractivity contribution >= 4 is 28.3 Å². The number of nitrogens with zero attached hydrogens (tertiary/aromatic N) is 1. The van der Waals surface area contributed by atoms with Crippen LogP contribution in [0.4, 0.5) is 18.3 Å². The molecule has 3 aliphatic carbocycles. The van der Waals surface area contributed by atoms with E-state index in [9.17, 15) is 22.8 Å². The van der Waals surface area contributed by atoms with E-state index in [1.165, 1.54) is 12.8 Å². The largest absolute Gasteiger partial charge is 0.427 e. The lowest BCUT2D eigenvalue weighted by atomic mass is 9.72. The summed E-state index contributed by atoms with van der Waals surface area (Å²) in [5.74, 6) is -0.300. The quantitative estimate of drug-likeness (QED) is 0.342. The molecule has 6 nitrogen and oxygen atoms in total. The normalized spacial score (nSPS) is 25.8. The summed E-state index contributed by atoms with van der Waals surface area (Å²) in [4.78, 5) is 28.4. The van der Waals surface area contributed by atoms with Crippen molar-refractivity contribution in [3.63, 3.8) is 0 Å². The van der Waals surface area contributed by atoms with E-state index < -0.39 is 22.4 Å². The van der Waals surface area contributed by atoms with Crippen LogP contribution in [0.2, 0.25) is 0 Å². The van der Waals surface area contributed by atoms with Gasteiger partial charge in [0.1, 0.15) is 4.88 Å². The van der Waals surface area contributed by atoms with Crippen LogP contribution in [0.1, 0.15) is 81.9 Å². The molecule has 32 heavy (non-hydrogen) atoms. The molecule has 2 amide bonds. The molecule has 4 rings (SSSR count). The lowest BCUT2D eigenvalue weighted by Gasteiger charge is -2.33. The number of aromatic nitrogens is 1. The highest BCUT2D eigenvalue weighted by Crippen LogP contribution is 2.65. The smallest absolute Gasteiger partial charge is 0.301 e. The number of hydrogen-bond donors (Lipinski definition) is 3.